The fraction of sp³-hybridized carbons (Fsp3) is 0.933. The van der Waals surface area contributed by atoms with E-state index < -0.39 is 74.2 Å². The maximum atomic E-state index is 13.0. The Bertz CT molecular complexity index is 923. The van der Waals surface area contributed by atoms with Crippen molar-refractivity contribution in [1.82, 2.24) is 5.32 Å². The molecule has 332 valence electrons. The zero-order valence-corrected chi connectivity index (χ0v) is 35.6. The van der Waals surface area contributed by atoms with Crippen molar-refractivity contribution in [1.29, 1.82) is 0 Å². The number of aliphatic hydroxyl groups is 7. The Hall–Kier alpha value is -1.15. The molecule has 56 heavy (non-hydrogen) atoms. The highest BCUT2D eigenvalue weighted by molar-refractivity contribution is 5.80. The summed E-state index contributed by atoms with van der Waals surface area (Å²) in [5.74, 6) is -0.707. The molecule has 0 radical (unpaired) electrons. The highest BCUT2D eigenvalue weighted by Gasteiger charge is 2.44. The van der Waals surface area contributed by atoms with Crippen molar-refractivity contribution in [3.63, 3.8) is 0 Å². The average molecular weight is 802 g/mol. The first kappa shape index (κ1) is 52.9. The molecule has 0 spiro atoms. The monoisotopic (exact) mass is 802 g/mol. The van der Waals surface area contributed by atoms with Crippen molar-refractivity contribution in [2.45, 2.75) is 255 Å². The minimum atomic E-state index is -1.66. The molecule has 9 atom stereocenters. The summed E-state index contributed by atoms with van der Waals surface area (Å²) in [4.78, 5) is 13.0. The molecule has 8 N–H and O–H groups in total. The fourth-order valence-corrected chi connectivity index (χ4v) is 7.44. The molecule has 1 amide bonds. The number of carbonyl (C=O) groups is 1. The molecule has 1 aliphatic heterocycles. The van der Waals surface area contributed by atoms with Crippen LogP contribution in [0.1, 0.15) is 200 Å². The van der Waals surface area contributed by atoms with Crippen LogP contribution in [0.5, 0.6) is 0 Å². The molecule has 11 heteroatoms. The third-order valence-electron chi connectivity index (χ3n) is 11.3. The van der Waals surface area contributed by atoms with Gasteiger partial charge in [-0.1, -0.05) is 174 Å². The predicted octanol–water partition coefficient (Wildman–Crippen LogP) is 7.28. The van der Waals surface area contributed by atoms with Crippen LogP contribution in [0.15, 0.2) is 12.2 Å². The Kier molecular flexibility index (Phi) is 33.8. The number of hydrogen-bond donors (Lipinski definition) is 8. The van der Waals surface area contributed by atoms with Gasteiger partial charge in [-0.25, -0.2) is 0 Å². The van der Waals surface area contributed by atoms with Gasteiger partial charge in [-0.3, -0.25) is 4.79 Å². The van der Waals surface area contributed by atoms with E-state index in [1.165, 1.54) is 116 Å². The molecule has 0 aromatic rings. The third kappa shape index (κ3) is 25.4. The van der Waals surface area contributed by atoms with Gasteiger partial charge in [-0.15, -0.1) is 0 Å². The van der Waals surface area contributed by atoms with E-state index in [4.69, 9.17) is 9.47 Å². The minimum Gasteiger partial charge on any atom is -0.394 e. The summed E-state index contributed by atoms with van der Waals surface area (Å²) < 4.78 is 11.0. The van der Waals surface area contributed by atoms with E-state index in [1.807, 2.05) is 0 Å². The summed E-state index contributed by atoms with van der Waals surface area (Å²) >= 11 is 0. The van der Waals surface area contributed by atoms with Gasteiger partial charge in [0.05, 0.1) is 25.4 Å². The van der Waals surface area contributed by atoms with Crippen molar-refractivity contribution in [3.05, 3.63) is 12.2 Å². The van der Waals surface area contributed by atoms with Crippen LogP contribution in [-0.4, -0.2) is 110 Å². The van der Waals surface area contributed by atoms with Gasteiger partial charge in [0.2, 0.25) is 5.91 Å². The molecule has 0 saturated carbocycles. The Morgan fingerprint density at radius 2 is 1.05 bits per heavy atom. The smallest absolute Gasteiger partial charge is 0.249 e. The van der Waals surface area contributed by atoms with E-state index >= 15 is 0 Å². The van der Waals surface area contributed by atoms with Crippen molar-refractivity contribution in [2.24, 2.45) is 0 Å². The summed E-state index contributed by atoms with van der Waals surface area (Å²) in [6.45, 7) is 3.36. The van der Waals surface area contributed by atoms with E-state index in [0.29, 0.717) is 12.8 Å². The Morgan fingerprint density at radius 3 is 1.54 bits per heavy atom. The lowest BCUT2D eigenvalue weighted by Crippen LogP contribution is -2.60. The predicted molar refractivity (Wildman–Crippen MR) is 224 cm³/mol. The maximum Gasteiger partial charge on any atom is 0.249 e. The van der Waals surface area contributed by atoms with E-state index in [1.54, 1.807) is 0 Å². The van der Waals surface area contributed by atoms with Crippen molar-refractivity contribution in [2.75, 3.05) is 13.2 Å². The first-order valence-electron chi connectivity index (χ1n) is 23.1. The Morgan fingerprint density at radius 1 is 0.607 bits per heavy atom. The topological polar surface area (TPSA) is 189 Å². The molecule has 0 bridgehead atoms. The molecule has 0 aliphatic carbocycles. The van der Waals surface area contributed by atoms with Crippen LogP contribution < -0.4 is 5.32 Å². The normalized spacial score (nSPS) is 22.3. The summed E-state index contributed by atoms with van der Waals surface area (Å²) in [5.41, 5.74) is 0. The van der Waals surface area contributed by atoms with Gasteiger partial charge in [-0.2, -0.15) is 0 Å². The standard InChI is InChI=1S/C45H87NO10/c1-3-5-7-9-11-13-14-15-16-17-18-19-20-21-22-23-24-25-27-29-31-33-38(49)44(54)46-36(35-55-45-43(53)42(52)41(51)39(34-47)56-45)40(50)37(48)32-30-28-26-12-10-8-6-4-2/h12,26,36-43,45,47-53H,3-11,13-25,27-35H2,1-2H3,(H,46,54)/b26-12+. The number of aliphatic hydroxyl groups excluding tert-OH is 7. The average Bonchev–Trinajstić information content (AvgIpc) is 3.20. The van der Waals surface area contributed by atoms with Crippen LogP contribution in [0.3, 0.4) is 0 Å². The third-order valence-corrected chi connectivity index (χ3v) is 11.3. The maximum absolute atomic E-state index is 13.0. The second kappa shape index (κ2) is 35.8. The van der Waals surface area contributed by atoms with Crippen LogP contribution >= 0.6 is 0 Å². The van der Waals surface area contributed by atoms with Crippen LogP contribution in [0, 0.1) is 0 Å². The number of allylic oxidation sites excluding steroid dienone is 2. The molecule has 0 aromatic heterocycles. The second-order valence-electron chi connectivity index (χ2n) is 16.5. The largest absolute Gasteiger partial charge is 0.394 e. The molecule has 1 rings (SSSR count). The first-order valence-corrected chi connectivity index (χ1v) is 23.1. The first-order chi connectivity index (χ1) is 27.2. The van der Waals surface area contributed by atoms with E-state index in [2.05, 4.69) is 31.3 Å². The lowest BCUT2D eigenvalue weighted by molar-refractivity contribution is -0.303. The minimum absolute atomic E-state index is 0.258. The molecule has 0 aromatic carbocycles. The molecule has 11 nitrogen and oxygen atoms in total. The molecular weight excluding hydrogens is 714 g/mol. The lowest BCUT2D eigenvalue weighted by Gasteiger charge is -2.40. The zero-order chi connectivity index (χ0) is 41.2. The van der Waals surface area contributed by atoms with Crippen LogP contribution in [0.25, 0.3) is 0 Å². The number of hydrogen-bond acceptors (Lipinski definition) is 10. The molecule has 1 aliphatic rings. The highest BCUT2D eigenvalue weighted by atomic mass is 16.7. The van der Waals surface area contributed by atoms with Crippen molar-refractivity contribution < 1.29 is 50.0 Å². The van der Waals surface area contributed by atoms with Crippen molar-refractivity contribution in [3.8, 4) is 0 Å². The van der Waals surface area contributed by atoms with E-state index in [9.17, 15) is 40.5 Å². The van der Waals surface area contributed by atoms with Gasteiger partial charge in [0.25, 0.3) is 0 Å². The Balaban J connectivity index is 2.35. The van der Waals surface area contributed by atoms with Crippen LogP contribution in [-0.2, 0) is 14.3 Å². The quantitative estimate of drug-likeness (QED) is 0.0233. The van der Waals surface area contributed by atoms with Crippen LogP contribution in [0.2, 0.25) is 0 Å². The molecular formula is C45H87NO10. The highest BCUT2D eigenvalue weighted by Crippen LogP contribution is 2.23. The van der Waals surface area contributed by atoms with Crippen LogP contribution in [0.4, 0.5) is 0 Å². The molecule has 1 fully saturated rings. The summed E-state index contributed by atoms with van der Waals surface area (Å²) in [6, 6.07) is -1.18. The summed E-state index contributed by atoms with van der Waals surface area (Å²) in [6.07, 6.45) is 25.8. The van der Waals surface area contributed by atoms with Gasteiger partial charge in [0, 0.05) is 0 Å². The van der Waals surface area contributed by atoms with E-state index in [0.717, 1.165) is 44.9 Å². The number of unbranched alkanes of at least 4 members (excludes halogenated alkanes) is 24. The molecule has 1 heterocycles. The number of rotatable bonds is 38. The van der Waals surface area contributed by atoms with Gasteiger partial charge in [-0.05, 0) is 38.5 Å². The van der Waals surface area contributed by atoms with Gasteiger partial charge in [0.1, 0.15) is 36.6 Å². The number of ether oxygens (including phenoxy) is 2. The SMILES string of the molecule is CCCCC/C=C/CCCC(O)C(O)C(COC1OC(CO)C(O)C(O)C1O)NC(=O)C(O)CCCCCCCCCCCCCCCCCCCCCCC. The Labute approximate surface area is 341 Å². The summed E-state index contributed by atoms with van der Waals surface area (Å²) in [5, 5.41) is 75.3. The molecule has 9 unspecified atom stereocenters. The number of amides is 1. The fourth-order valence-electron chi connectivity index (χ4n) is 7.44. The zero-order valence-electron chi connectivity index (χ0n) is 35.6. The van der Waals surface area contributed by atoms with E-state index in [-0.39, 0.29) is 12.8 Å². The van der Waals surface area contributed by atoms with Gasteiger partial charge >= 0.3 is 0 Å². The lowest BCUT2D eigenvalue weighted by atomic mass is 9.98. The number of nitrogens with one attached hydrogen (secondary N) is 1. The number of carbonyl (C=O) groups excluding carboxylic acids is 1. The molecule has 1 saturated heterocycles. The summed E-state index contributed by atoms with van der Waals surface area (Å²) in [7, 11) is 0. The van der Waals surface area contributed by atoms with Gasteiger partial charge < -0.3 is 50.5 Å². The second-order valence-corrected chi connectivity index (χ2v) is 16.5. The van der Waals surface area contributed by atoms with Gasteiger partial charge in [0.15, 0.2) is 6.29 Å². The van der Waals surface area contributed by atoms with Crippen molar-refractivity contribution >= 4 is 5.91 Å².